The Morgan fingerprint density at radius 3 is 1.88 bits per heavy atom. The Bertz CT molecular complexity index is 1450. The molecule has 0 bridgehead atoms. The third kappa shape index (κ3) is 22.5. The Labute approximate surface area is 309 Å². The molecule has 0 saturated heterocycles. The van der Waals surface area contributed by atoms with Crippen molar-refractivity contribution in [2.24, 2.45) is 5.73 Å². The quantitative estimate of drug-likeness (QED) is 0.178. The SMILES string of the molecule is C#C.C=CN.C=Cc1ccc(C(F)(F)Cc2ccccc2)cc1C(=C)/C(=C\C)c1cnn(/C=C\C=C/C)c1C.CC.CC.CC(C)F.CN(C)C. The fourth-order valence-electron chi connectivity index (χ4n) is 3.90. The van der Waals surface area contributed by atoms with E-state index in [9.17, 15) is 4.39 Å². The molecule has 7 heteroatoms. The van der Waals surface area contributed by atoms with E-state index in [1.54, 1.807) is 47.3 Å². The molecule has 0 saturated carbocycles. The topological polar surface area (TPSA) is 47.1 Å². The van der Waals surface area contributed by atoms with Gasteiger partial charge >= 0.3 is 0 Å². The number of alkyl halides is 3. The van der Waals surface area contributed by atoms with Gasteiger partial charge in [0.05, 0.1) is 12.4 Å². The summed E-state index contributed by atoms with van der Waals surface area (Å²) in [5.41, 5.74) is 9.85. The van der Waals surface area contributed by atoms with Gasteiger partial charge in [0, 0.05) is 29.4 Å². The average Bonchev–Trinajstić information content (AvgIpc) is 3.46. The molecular weight excluding hydrogens is 642 g/mol. The highest BCUT2D eigenvalue weighted by atomic mass is 19.3. The fraction of sp³-hybridized carbons (Fsp3) is 0.341. The lowest BCUT2D eigenvalue weighted by atomic mass is 9.88. The molecular formula is C44H65F3N4. The standard InChI is InChI=1S/C30H30F2N2.C3H7F.C3H9N.C2H5N.2C2H6.C2H2/c1-6-9-13-18-34-23(5)29(21-33-34)27(8-3)22(4)28-19-26(17-16-25(28)7-2)30(31,32)20-24-14-11-10-12-15-24;1-3(2)4;1-4(2)3;1-2-3;3*1-2/h6-19,21H,2,4,20H2,1,3,5H3;3H,1-2H3;1-3H3;2H,1,3H2;2*1-2H3;1-2H/b9-6-,18-13-,27-8+;;;;;;. The van der Waals surface area contributed by atoms with Crippen LogP contribution >= 0.6 is 0 Å². The normalized spacial score (nSPS) is 10.3. The lowest BCUT2D eigenvalue weighted by Gasteiger charge is -2.20. The largest absolute Gasteiger partial charge is 0.405 e. The molecule has 2 N–H and O–H groups in total. The van der Waals surface area contributed by atoms with Gasteiger partial charge in [-0.2, -0.15) is 5.10 Å². The molecule has 51 heavy (non-hydrogen) atoms. The molecule has 3 aromatic rings. The predicted molar refractivity (Wildman–Crippen MR) is 223 cm³/mol. The number of nitrogens with zero attached hydrogens (tertiary/aromatic N) is 3. The number of hydrogen-bond acceptors (Lipinski definition) is 3. The molecule has 0 spiro atoms. The number of allylic oxidation sites excluding steroid dienone is 6. The third-order valence-corrected chi connectivity index (χ3v) is 5.77. The number of nitrogens with two attached hydrogens (primary N) is 1. The van der Waals surface area contributed by atoms with Gasteiger partial charge < -0.3 is 10.6 Å². The number of terminal acetylenes is 1. The van der Waals surface area contributed by atoms with E-state index < -0.39 is 12.1 Å². The molecule has 0 aliphatic rings. The summed E-state index contributed by atoms with van der Waals surface area (Å²) in [6.45, 7) is 28.1. The van der Waals surface area contributed by atoms with Gasteiger partial charge in [0.2, 0.25) is 0 Å². The second-order valence-corrected chi connectivity index (χ2v) is 10.6. The summed E-state index contributed by atoms with van der Waals surface area (Å²) in [5.74, 6) is -3.02. The van der Waals surface area contributed by atoms with Gasteiger partial charge in [0.25, 0.3) is 5.92 Å². The van der Waals surface area contributed by atoms with Crippen LogP contribution in [0.25, 0.3) is 23.4 Å². The van der Waals surface area contributed by atoms with Crippen LogP contribution in [0.1, 0.15) is 88.9 Å². The van der Waals surface area contributed by atoms with E-state index in [1.807, 2.05) is 111 Å². The van der Waals surface area contributed by atoms with Crippen LogP contribution in [-0.2, 0) is 12.3 Å². The van der Waals surface area contributed by atoms with Crippen LogP contribution in [0.2, 0.25) is 0 Å². The van der Waals surface area contributed by atoms with Crippen molar-refractivity contribution < 1.29 is 13.2 Å². The van der Waals surface area contributed by atoms with Crippen molar-refractivity contribution in [2.75, 3.05) is 21.1 Å². The van der Waals surface area contributed by atoms with E-state index in [2.05, 4.69) is 43.4 Å². The minimum atomic E-state index is -3.02. The van der Waals surface area contributed by atoms with Gasteiger partial charge in [-0.1, -0.05) is 114 Å². The monoisotopic (exact) mass is 707 g/mol. The molecule has 0 unspecified atom stereocenters. The predicted octanol–water partition coefficient (Wildman–Crippen LogP) is 12.3. The first-order chi connectivity index (χ1) is 24.2. The molecule has 0 aliphatic carbocycles. The first-order valence-corrected chi connectivity index (χ1v) is 17.0. The van der Waals surface area contributed by atoms with Crippen LogP contribution in [0, 0.1) is 19.8 Å². The lowest BCUT2D eigenvalue weighted by molar-refractivity contribution is -0.00384. The molecule has 1 heterocycles. The zero-order chi connectivity index (χ0) is 40.6. The number of hydrogen-bond donors (Lipinski definition) is 1. The summed E-state index contributed by atoms with van der Waals surface area (Å²) in [6.07, 6.45) is 21.2. The third-order valence-electron chi connectivity index (χ3n) is 5.77. The van der Waals surface area contributed by atoms with Crippen LogP contribution in [0.5, 0.6) is 0 Å². The zero-order valence-corrected chi connectivity index (χ0v) is 33.4. The van der Waals surface area contributed by atoms with Gasteiger partial charge in [-0.05, 0) is 102 Å². The molecule has 2 aromatic carbocycles. The van der Waals surface area contributed by atoms with Gasteiger partial charge in [0.15, 0.2) is 0 Å². The number of aromatic nitrogens is 2. The first-order valence-electron chi connectivity index (χ1n) is 17.0. The second-order valence-electron chi connectivity index (χ2n) is 10.6. The Hall–Kier alpha value is -4.80. The maximum atomic E-state index is 15.2. The van der Waals surface area contributed by atoms with Crippen molar-refractivity contribution in [1.82, 2.24) is 14.7 Å². The number of benzene rings is 2. The molecule has 1 aromatic heterocycles. The van der Waals surface area contributed by atoms with Crippen molar-refractivity contribution in [1.29, 1.82) is 0 Å². The van der Waals surface area contributed by atoms with E-state index in [4.69, 9.17) is 0 Å². The van der Waals surface area contributed by atoms with Crippen molar-refractivity contribution >= 4 is 23.4 Å². The molecule has 0 atom stereocenters. The molecule has 3 rings (SSSR count). The molecule has 0 aliphatic heterocycles. The van der Waals surface area contributed by atoms with Gasteiger partial charge in [-0.25, -0.2) is 17.9 Å². The summed E-state index contributed by atoms with van der Waals surface area (Å²) in [5, 5.41) is 4.45. The van der Waals surface area contributed by atoms with Crippen LogP contribution in [0.15, 0.2) is 105 Å². The van der Waals surface area contributed by atoms with E-state index in [-0.39, 0.29) is 12.0 Å². The van der Waals surface area contributed by atoms with Crippen molar-refractivity contribution in [3.8, 4) is 12.8 Å². The van der Waals surface area contributed by atoms with Gasteiger partial charge in [-0.3, -0.25) is 0 Å². The summed E-state index contributed by atoms with van der Waals surface area (Å²) >= 11 is 0. The molecule has 282 valence electrons. The van der Waals surface area contributed by atoms with E-state index in [0.717, 1.165) is 22.4 Å². The van der Waals surface area contributed by atoms with E-state index in [1.165, 1.54) is 32.2 Å². The lowest BCUT2D eigenvalue weighted by Crippen LogP contribution is -2.17. The average molecular weight is 707 g/mol. The highest BCUT2D eigenvalue weighted by Crippen LogP contribution is 2.38. The van der Waals surface area contributed by atoms with E-state index >= 15 is 8.78 Å². The van der Waals surface area contributed by atoms with Crippen LogP contribution in [0.3, 0.4) is 0 Å². The summed E-state index contributed by atoms with van der Waals surface area (Å²) in [7, 11) is 6.00. The molecule has 4 nitrogen and oxygen atoms in total. The van der Waals surface area contributed by atoms with Crippen molar-refractivity contribution in [3.63, 3.8) is 0 Å². The second kappa shape index (κ2) is 32.4. The number of rotatable bonds is 9. The molecule has 0 radical (unpaired) electrons. The zero-order valence-electron chi connectivity index (χ0n) is 33.4. The van der Waals surface area contributed by atoms with Crippen LogP contribution < -0.4 is 5.73 Å². The van der Waals surface area contributed by atoms with Crippen LogP contribution in [0.4, 0.5) is 13.2 Å². The summed E-state index contributed by atoms with van der Waals surface area (Å²) in [6, 6.07) is 13.5. The Morgan fingerprint density at radius 1 is 0.961 bits per heavy atom. The summed E-state index contributed by atoms with van der Waals surface area (Å²) < 4.78 is 43.3. The first kappa shape index (κ1) is 53.0. The Balaban J connectivity index is -0.000000552. The smallest absolute Gasteiger partial charge is 0.277 e. The van der Waals surface area contributed by atoms with Crippen LogP contribution in [-0.4, -0.2) is 42.0 Å². The minimum Gasteiger partial charge on any atom is -0.405 e. The minimum absolute atomic E-state index is 0.0461. The highest BCUT2D eigenvalue weighted by molar-refractivity contribution is 6.05. The summed E-state index contributed by atoms with van der Waals surface area (Å²) in [4.78, 5) is 2.00. The van der Waals surface area contributed by atoms with Crippen molar-refractivity contribution in [2.45, 2.75) is 80.8 Å². The van der Waals surface area contributed by atoms with Gasteiger partial charge in [-0.15, -0.1) is 12.8 Å². The Kier molecular flexibility index (Phi) is 33.7. The van der Waals surface area contributed by atoms with E-state index in [0.29, 0.717) is 16.7 Å². The molecule has 0 amide bonds. The Morgan fingerprint density at radius 2 is 1.45 bits per heavy atom. The van der Waals surface area contributed by atoms with Gasteiger partial charge in [0.1, 0.15) is 0 Å². The fourth-order valence-corrected chi connectivity index (χ4v) is 3.90. The number of halogens is 3. The molecule has 0 fully saturated rings. The maximum absolute atomic E-state index is 15.2. The maximum Gasteiger partial charge on any atom is 0.277 e. The van der Waals surface area contributed by atoms with Crippen molar-refractivity contribution in [3.05, 3.63) is 138 Å². The highest BCUT2D eigenvalue weighted by Gasteiger charge is 2.32.